The van der Waals surface area contributed by atoms with Crippen LogP contribution in [0.4, 0.5) is 18.9 Å². The molecule has 11 heteroatoms. The lowest BCUT2D eigenvalue weighted by Crippen LogP contribution is -2.45. The quantitative estimate of drug-likeness (QED) is 0.583. The van der Waals surface area contributed by atoms with Gasteiger partial charge in [-0.15, -0.1) is 0 Å². The summed E-state index contributed by atoms with van der Waals surface area (Å²) in [5.41, 5.74) is 1.91. The molecule has 0 spiro atoms. The Morgan fingerprint density at radius 2 is 1.91 bits per heavy atom. The van der Waals surface area contributed by atoms with Gasteiger partial charge in [0.15, 0.2) is 0 Å². The molecule has 1 aromatic heterocycles. The van der Waals surface area contributed by atoms with Crippen molar-refractivity contribution in [3.8, 4) is 5.75 Å². The van der Waals surface area contributed by atoms with Crippen molar-refractivity contribution >= 4 is 32.5 Å². The molecule has 0 saturated heterocycles. The van der Waals surface area contributed by atoms with Gasteiger partial charge in [-0.3, -0.25) is 14.5 Å². The van der Waals surface area contributed by atoms with Crippen molar-refractivity contribution in [1.29, 1.82) is 0 Å². The Kier molecular flexibility index (Phi) is 5.91. The highest BCUT2D eigenvalue weighted by Crippen LogP contribution is 2.35. The van der Waals surface area contributed by atoms with Gasteiger partial charge in [0.1, 0.15) is 5.75 Å². The fourth-order valence-electron chi connectivity index (χ4n) is 3.99. The van der Waals surface area contributed by atoms with Crippen molar-refractivity contribution in [2.45, 2.75) is 36.4 Å². The number of nitrogens with one attached hydrogen (secondary N) is 2. The molecule has 1 atom stereocenters. The number of hydrogen-bond donors (Lipinski definition) is 2. The number of carbonyl (C=O) groups excluding carboxylic acids is 1. The molecule has 0 bridgehead atoms. The molecule has 0 saturated carbocycles. The van der Waals surface area contributed by atoms with Gasteiger partial charge < -0.3 is 10.1 Å². The number of anilines is 1. The number of para-hydroxylation sites is 1. The molecule has 0 aliphatic heterocycles. The predicted molar refractivity (Wildman–Crippen MR) is 116 cm³/mol. The molecule has 174 valence electrons. The van der Waals surface area contributed by atoms with E-state index in [-0.39, 0.29) is 29.8 Å². The lowest BCUT2D eigenvalue weighted by atomic mass is 9.87. The van der Waals surface area contributed by atoms with E-state index < -0.39 is 28.1 Å². The maximum atomic E-state index is 13.2. The van der Waals surface area contributed by atoms with E-state index in [1.165, 1.54) is 25.4 Å². The molecule has 33 heavy (non-hydrogen) atoms. The van der Waals surface area contributed by atoms with Crippen molar-refractivity contribution < 1.29 is 31.1 Å². The summed E-state index contributed by atoms with van der Waals surface area (Å²) in [5, 5.41) is 2.74. The molecule has 1 amide bonds. The molecule has 1 heterocycles. The molecule has 1 aliphatic carbocycles. The second-order valence-corrected chi connectivity index (χ2v) is 9.31. The summed E-state index contributed by atoms with van der Waals surface area (Å²) in [4.78, 5) is 15.6. The summed E-state index contributed by atoms with van der Waals surface area (Å²) >= 11 is 0. The fraction of sp³-hybridized carbons (Fsp3) is 0.273. The van der Waals surface area contributed by atoms with E-state index in [0.717, 1.165) is 5.39 Å². The zero-order valence-corrected chi connectivity index (χ0v) is 18.3. The van der Waals surface area contributed by atoms with Gasteiger partial charge >= 0.3 is 12.1 Å². The number of rotatable bonds is 5. The van der Waals surface area contributed by atoms with Crippen LogP contribution in [0.2, 0.25) is 0 Å². The van der Waals surface area contributed by atoms with Crippen molar-refractivity contribution in [2.75, 3.05) is 11.8 Å². The van der Waals surface area contributed by atoms with Crippen molar-refractivity contribution in [3.63, 3.8) is 0 Å². The van der Waals surface area contributed by atoms with Gasteiger partial charge in [0.2, 0.25) is 0 Å². The number of carbonyl (C=O) groups is 1. The number of alkyl halides is 3. The summed E-state index contributed by atoms with van der Waals surface area (Å²) in [6.45, 7) is 0. The van der Waals surface area contributed by atoms with E-state index in [1.807, 2.05) is 23.5 Å². The van der Waals surface area contributed by atoms with E-state index in [0.29, 0.717) is 22.4 Å². The highest BCUT2D eigenvalue weighted by molar-refractivity contribution is 7.92. The number of ether oxygens (including phenoxy) is 1. The zero-order valence-electron chi connectivity index (χ0n) is 17.4. The first-order valence-electron chi connectivity index (χ1n) is 10.0. The maximum Gasteiger partial charge on any atom is 0.471 e. The normalized spacial score (nSPS) is 16.2. The van der Waals surface area contributed by atoms with Gasteiger partial charge in [0.05, 0.1) is 29.4 Å². The van der Waals surface area contributed by atoms with Crippen LogP contribution in [0.25, 0.3) is 10.9 Å². The first-order valence-corrected chi connectivity index (χ1v) is 11.5. The van der Waals surface area contributed by atoms with Gasteiger partial charge in [-0.1, -0.05) is 18.2 Å². The maximum absolute atomic E-state index is 13.2. The third kappa shape index (κ3) is 4.72. The summed E-state index contributed by atoms with van der Waals surface area (Å²) in [6, 6.07) is 11.0. The molecule has 0 fully saturated rings. The average molecular weight is 479 g/mol. The van der Waals surface area contributed by atoms with E-state index in [1.54, 1.807) is 12.1 Å². The largest absolute Gasteiger partial charge is 0.496 e. The van der Waals surface area contributed by atoms with Crippen molar-refractivity contribution in [2.24, 2.45) is 0 Å². The molecule has 1 aliphatic rings. The Hall–Kier alpha value is -3.34. The van der Waals surface area contributed by atoms with Crippen LogP contribution in [0.3, 0.4) is 0 Å². The number of sulfonamides is 1. The number of benzene rings is 2. The van der Waals surface area contributed by atoms with E-state index >= 15 is 0 Å². The Bertz CT molecular complexity index is 1330. The van der Waals surface area contributed by atoms with Gasteiger partial charge in [-0.25, -0.2) is 8.42 Å². The number of hydrogen-bond acceptors (Lipinski definition) is 5. The zero-order chi connectivity index (χ0) is 23.8. The van der Waals surface area contributed by atoms with Crippen molar-refractivity contribution in [1.82, 2.24) is 10.3 Å². The van der Waals surface area contributed by atoms with E-state index in [2.05, 4.69) is 9.71 Å². The summed E-state index contributed by atoms with van der Waals surface area (Å²) in [7, 11) is -2.64. The lowest BCUT2D eigenvalue weighted by molar-refractivity contribution is -0.174. The molecule has 4 rings (SSSR count). The number of nitrogens with zero attached hydrogens (tertiary/aromatic N) is 1. The summed E-state index contributed by atoms with van der Waals surface area (Å²) < 4.78 is 72.2. The predicted octanol–water partition coefficient (Wildman–Crippen LogP) is 3.58. The second kappa shape index (κ2) is 8.54. The van der Waals surface area contributed by atoms with Crippen LogP contribution in [-0.2, 0) is 27.7 Å². The number of amides is 1. The standard InChI is InChI=1S/C22H20F3N3O4S/c1-32-19-8-9-20(16-7-6-14(11-17(16)19)27-21(29)22(23,24)25)33(30,31)28-15-10-13-4-2-3-5-18(13)26-12-15/h2-5,8-10,12,14,28H,6-7,11H2,1H3,(H,27,29). The lowest BCUT2D eigenvalue weighted by Gasteiger charge is -2.28. The summed E-state index contributed by atoms with van der Waals surface area (Å²) in [5.74, 6) is -1.67. The molecular formula is C22H20F3N3O4S. The minimum atomic E-state index is -4.99. The van der Waals surface area contributed by atoms with Crippen LogP contribution in [-0.4, -0.2) is 38.6 Å². The van der Waals surface area contributed by atoms with E-state index in [9.17, 15) is 26.4 Å². The molecule has 0 radical (unpaired) electrons. The molecule has 7 nitrogen and oxygen atoms in total. The van der Waals surface area contributed by atoms with Crippen LogP contribution < -0.4 is 14.8 Å². The highest BCUT2D eigenvalue weighted by Gasteiger charge is 2.40. The van der Waals surface area contributed by atoms with Gasteiger partial charge in [-0.05, 0) is 49.1 Å². The van der Waals surface area contributed by atoms with Gasteiger partial charge in [0, 0.05) is 17.0 Å². The first-order chi connectivity index (χ1) is 15.6. The minimum absolute atomic E-state index is 0.00653. The smallest absolute Gasteiger partial charge is 0.471 e. The number of halogens is 3. The van der Waals surface area contributed by atoms with Gasteiger partial charge in [0.25, 0.3) is 10.0 Å². The van der Waals surface area contributed by atoms with Crippen LogP contribution in [0.5, 0.6) is 5.75 Å². The van der Waals surface area contributed by atoms with Crippen molar-refractivity contribution in [3.05, 3.63) is 59.8 Å². The number of fused-ring (bicyclic) bond motifs is 2. The van der Waals surface area contributed by atoms with Crippen LogP contribution in [0, 0.1) is 0 Å². The second-order valence-electron chi connectivity index (χ2n) is 7.66. The monoisotopic (exact) mass is 479 g/mol. The Morgan fingerprint density at radius 1 is 1.15 bits per heavy atom. The number of pyridine rings is 1. The molecular weight excluding hydrogens is 459 g/mol. The Morgan fingerprint density at radius 3 is 2.64 bits per heavy atom. The fourth-order valence-corrected chi connectivity index (χ4v) is 5.31. The number of aromatic nitrogens is 1. The van der Waals surface area contributed by atoms with Gasteiger partial charge in [-0.2, -0.15) is 13.2 Å². The molecule has 2 aromatic carbocycles. The molecule has 2 N–H and O–H groups in total. The SMILES string of the molecule is COc1ccc(S(=O)(=O)Nc2cnc3ccccc3c2)c2c1CC(NC(=O)C(F)(F)F)CC2. The highest BCUT2D eigenvalue weighted by atomic mass is 32.2. The molecule has 1 unspecified atom stereocenters. The Labute approximate surface area is 188 Å². The summed E-state index contributed by atoms with van der Waals surface area (Å²) in [6.07, 6.45) is -3.25. The van der Waals surface area contributed by atoms with Crippen LogP contribution in [0.1, 0.15) is 17.5 Å². The first kappa shape index (κ1) is 22.8. The Balaban J connectivity index is 1.64. The average Bonchev–Trinajstić information content (AvgIpc) is 2.77. The van der Waals surface area contributed by atoms with E-state index in [4.69, 9.17) is 4.74 Å². The molecule has 3 aromatic rings. The third-order valence-electron chi connectivity index (χ3n) is 5.48. The topological polar surface area (TPSA) is 97.4 Å². The third-order valence-corrected chi connectivity index (χ3v) is 6.95. The van der Waals surface area contributed by atoms with Crippen LogP contribution in [0.15, 0.2) is 53.6 Å². The minimum Gasteiger partial charge on any atom is -0.496 e. The van der Waals surface area contributed by atoms with Crippen LogP contribution >= 0.6 is 0 Å². The number of methoxy groups -OCH3 is 1.